The molecule has 112 valence electrons. The number of fused-ring (bicyclic) bond motifs is 2. The second-order valence-corrected chi connectivity index (χ2v) is 6.17. The van der Waals surface area contributed by atoms with Crippen molar-refractivity contribution in [1.29, 1.82) is 0 Å². The van der Waals surface area contributed by atoms with Gasteiger partial charge in [0.05, 0.1) is 16.8 Å². The van der Waals surface area contributed by atoms with Crippen molar-refractivity contribution in [2.45, 2.75) is 20.0 Å². The Balaban J connectivity index is 1.74. The summed E-state index contributed by atoms with van der Waals surface area (Å²) in [6, 6.07) is 2.01. The predicted octanol–water partition coefficient (Wildman–Crippen LogP) is 1.32. The third-order valence-electron chi connectivity index (χ3n) is 3.75. The van der Waals surface area contributed by atoms with Crippen LogP contribution in [0, 0.1) is 6.92 Å². The minimum Gasteiger partial charge on any atom is -0.364 e. The van der Waals surface area contributed by atoms with Crippen molar-refractivity contribution in [2.75, 3.05) is 11.4 Å². The number of nitrogens with zero attached hydrogens (tertiary/aromatic N) is 5. The van der Waals surface area contributed by atoms with Gasteiger partial charge in [0.15, 0.2) is 5.82 Å². The van der Waals surface area contributed by atoms with Crippen molar-refractivity contribution in [2.24, 2.45) is 5.73 Å². The third-order valence-corrected chi connectivity index (χ3v) is 4.65. The fourth-order valence-corrected chi connectivity index (χ4v) is 3.57. The number of anilines is 1. The lowest BCUT2D eigenvalue weighted by atomic mass is 10.3. The van der Waals surface area contributed by atoms with Gasteiger partial charge in [-0.25, -0.2) is 15.0 Å². The summed E-state index contributed by atoms with van der Waals surface area (Å²) in [6.07, 6.45) is 1.72. The van der Waals surface area contributed by atoms with Crippen LogP contribution >= 0.6 is 11.3 Å². The summed E-state index contributed by atoms with van der Waals surface area (Å²) in [5.41, 5.74) is 6.59. The summed E-state index contributed by atoms with van der Waals surface area (Å²) >= 11 is 1.64. The Bertz CT molecular complexity index is 883. The summed E-state index contributed by atoms with van der Waals surface area (Å²) in [6.45, 7) is 4.07. The van der Waals surface area contributed by atoms with E-state index in [0.717, 1.165) is 40.8 Å². The van der Waals surface area contributed by atoms with Crippen LogP contribution in [0.3, 0.4) is 0 Å². The van der Waals surface area contributed by atoms with Crippen molar-refractivity contribution in [3.05, 3.63) is 35.0 Å². The smallest absolute Gasteiger partial charge is 0.268 e. The first kappa shape index (κ1) is 13.2. The minimum atomic E-state index is -0.494. The number of rotatable bonds is 2. The molecule has 4 rings (SSSR count). The van der Waals surface area contributed by atoms with Crippen LogP contribution in [0.25, 0.3) is 10.2 Å². The fraction of sp³-hybridized carbons (Fsp3) is 0.286. The van der Waals surface area contributed by atoms with Crippen molar-refractivity contribution < 1.29 is 4.79 Å². The first-order valence-corrected chi connectivity index (χ1v) is 7.82. The number of hydrogen-bond acceptors (Lipinski definition) is 6. The molecule has 4 heterocycles. The van der Waals surface area contributed by atoms with Gasteiger partial charge in [-0.15, -0.1) is 11.3 Å². The molecule has 0 bridgehead atoms. The number of imidazole rings is 1. The lowest BCUT2D eigenvalue weighted by Crippen LogP contribution is -2.34. The van der Waals surface area contributed by atoms with E-state index in [-0.39, 0.29) is 0 Å². The monoisotopic (exact) mass is 314 g/mol. The van der Waals surface area contributed by atoms with Gasteiger partial charge in [0.1, 0.15) is 17.3 Å². The zero-order valence-electron chi connectivity index (χ0n) is 12.0. The highest BCUT2D eigenvalue weighted by molar-refractivity contribution is 7.17. The Kier molecular flexibility index (Phi) is 2.86. The molecule has 8 heteroatoms. The van der Waals surface area contributed by atoms with Crippen molar-refractivity contribution >= 4 is 33.3 Å². The average molecular weight is 314 g/mol. The van der Waals surface area contributed by atoms with Crippen LogP contribution in [0.5, 0.6) is 0 Å². The van der Waals surface area contributed by atoms with Gasteiger partial charge in [-0.1, -0.05) is 0 Å². The van der Waals surface area contributed by atoms with E-state index >= 15 is 0 Å². The molecule has 0 unspecified atom stereocenters. The summed E-state index contributed by atoms with van der Waals surface area (Å²) in [5, 5.41) is 2.03. The molecule has 7 nitrogen and oxygen atoms in total. The molecule has 22 heavy (non-hydrogen) atoms. The number of aryl methyl sites for hydroxylation is 1. The predicted molar refractivity (Wildman–Crippen MR) is 83.9 cm³/mol. The lowest BCUT2D eigenvalue weighted by molar-refractivity contribution is 0.0996. The number of hydrogen-bond donors (Lipinski definition) is 1. The van der Waals surface area contributed by atoms with Gasteiger partial charge >= 0.3 is 0 Å². The highest BCUT2D eigenvalue weighted by atomic mass is 32.1. The van der Waals surface area contributed by atoms with E-state index in [0.29, 0.717) is 12.2 Å². The van der Waals surface area contributed by atoms with Gasteiger partial charge in [-0.05, 0) is 18.4 Å². The SMILES string of the molecule is Cc1nc(N2CCn3cc(C(N)=O)nc3C2)c2sccc2n1. The van der Waals surface area contributed by atoms with Crippen LogP contribution < -0.4 is 10.6 Å². The van der Waals surface area contributed by atoms with Gasteiger partial charge < -0.3 is 15.2 Å². The number of carbonyl (C=O) groups is 1. The summed E-state index contributed by atoms with van der Waals surface area (Å²) in [4.78, 5) is 26.8. The summed E-state index contributed by atoms with van der Waals surface area (Å²) in [5.74, 6) is 2.04. The number of carbonyl (C=O) groups excluding carboxylic acids is 1. The number of nitrogens with two attached hydrogens (primary N) is 1. The lowest BCUT2D eigenvalue weighted by Gasteiger charge is -2.28. The van der Waals surface area contributed by atoms with Crippen LogP contribution in [0.15, 0.2) is 17.6 Å². The van der Waals surface area contributed by atoms with E-state index in [1.165, 1.54) is 0 Å². The highest BCUT2D eigenvalue weighted by Crippen LogP contribution is 2.30. The second kappa shape index (κ2) is 4.77. The molecule has 0 aromatic carbocycles. The van der Waals surface area contributed by atoms with Crippen molar-refractivity contribution in [1.82, 2.24) is 19.5 Å². The molecule has 0 saturated heterocycles. The summed E-state index contributed by atoms with van der Waals surface area (Å²) < 4.78 is 3.07. The maximum absolute atomic E-state index is 11.3. The van der Waals surface area contributed by atoms with Gasteiger partial charge in [-0.3, -0.25) is 4.79 Å². The quantitative estimate of drug-likeness (QED) is 0.770. The molecule has 2 N–H and O–H groups in total. The maximum atomic E-state index is 11.3. The maximum Gasteiger partial charge on any atom is 0.268 e. The minimum absolute atomic E-state index is 0.317. The van der Waals surface area contributed by atoms with Crippen LogP contribution in [0.1, 0.15) is 22.1 Å². The zero-order valence-corrected chi connectivity index (χ0v) is 12.8. The molecule has 0 spiro atoms. The number of aromatic nitrogens is 4. The molecule has 3 aromatic heterocycles. The number of thiophene rings is 1. The first-order chi connectivity index (χ1) is 10.6. The highest BCUT2D eigenvalue weighted by Gasteiger charge is 2.23. The molecule has 0 saturated carbocycles. The van der Waals surface area contributed by atoms with E-state index in [1.807, 2.05) is 22.9 Å². The van der Waals surface area contributed by atoms with Crippen LogP contribution in [-0.2, 0) is 13.1 Å². The van der Waals surface area contributed by atoms with Gasteiger partial charge in [0.2, 0.25) is 0 Å². The van der Waals surface area contributed by atoms with Crippen molar-refractivity contribution in [3.63, 3.8) is 0 Å². The number of primary amides is 1. The average Bonchev–Trinajstić information content (AvgIpc) is 3.11. The molecule has 0 atom stereocenters. The molecule has 3 aromatic rings. The summed E-state index contributed by atoms with van der Waals surface area (Å²) in [7, 11) is 0. The van der Waals surface area contributed by atoms with Crippen LogP contribution in [0.2, 0.25) is 0 Å². The van der Waals surface area contributed by atoms with Crippen LogP contribution in [-0.4, -0.2) is 32.0 Å². The van der Waals surface area contributed by atoms with E-state index in [9.17, 15) is 4.79 Å². The first-order valence-electron chi connectivity index (χ1n) is 6.94. The molecule has 0 fully saturated rings. The molecule has 1 amide bonds. The Morgan fingerprint density at radius 2 is 2.18 bits per heavy atom. The van der Waals surface area contributed by atoms with Crippen LogP contribution in [0.4, 0.5) is 5.82 Å². The van der Waals surface area contributed by atoms with Gasteiger partial charge in [-0.2, -0.15) is 0 Å². The van der Waals surface area contributed by atoms with E-state index in [4.69, 9.17) is 5.73 Å². The van der Waals surface area contributed by atoms with Gasteiger partial charge in [0, 0.05) is 19.3 Å². The van der Waals surface area contributed by atoms with Crippen molar-refractivity contribution in [3.8, 4) is 0 Å². The Hall–Kier alpha value is -2.48. The van der Waals surface area contributed by atoms with E-state index in [2.05, 4.69) is 19.9 Å². The second-order valence-electron chi connectivity index (χ2n) is 5.25. The zero-order chi connectivity index (χ0) is 15.3. The molecule has 1 aliphatic rings. The van der Waals surface area contributed by atoms with E-state index < -0.39 is 5.91 Å². The fourth-order valence-electron chi connectivity index (χ4n) is 2.73. The number of amides is 1. The molecule has 1 aliphatic heterocycles. The molecule has 0 radical (unpaired) electrons. The third kappa shape index (κ3) is 2.03. The Labute approximate surface area is 130 Å². The van der Waals surface area contributed by atoms with E-state index in [1.54, 1.807) is 17.5 Å². The molecule has 0 aliphatic carbocycles. The van der Waals surface area contributed by atoms with Gasteiger partial charge in [0.25, 0.3) is 5.91 Å². The topological polar surface area (TPSA) is 89.9 Å². The molecular formula is C14H14N6OS. The largest absolute Gasteiger partial charge is 0.364 e. The standard InChI is InChI=1S/C14H14N6OS/c1-8-16-9-2-5-22-12(9)14(17-8)20-4-3-19-6-10(13(15)21)18-11(19)7-20/h2,5-6H,3-4,7H2,1H3,(H2,15,21). The Morgan fingerprint density at radius 3 is 3.00 bits per heavy atom. The molecular weight excluding hydrogens is 300 g/mol. The normalized spacial score (nSPS) is 14.3. The Morgan fingerprint density at radius 1 is 1.32 bits per heavy atom.